The van der Waals surface area contributed by atoms with E-state index in [9.17, 15) is 9.59 Å². The molecule has 0 unspecified atom stereocenters. The summed E-state index contributed by atoms with van der Waals surface area (Å²) < 4.78 is 1.61. The number of piperazine rings is 1. The van der Waals surface area contributed by atoms with Gasteiger partial charge in [0.25, 0.3) is 0 Å². The molecule has 1 saturated heterocycles. The van der Waals surface area contributed by atoms with Gasteiger partial charge in [-0.05, 0) is 29.7 Å². The maximum absolute atomic E-state index is 12.3. The Morgan fingerprint density at radius 2 is 2.09 bits per heavy atom. The van der Waals surface area contributed by atoms with E-state index >= 15 is 0 Å². The van der Waals surface area contributed by atoms with Crippen molar-refractivity contribution in [2.45, 2.75) is 51.1 Å². The molecule has 2 amide bonds. The standard InChI is InChI=1S/C14H22N6O2/c21-13(6-3-7-19-11-15-16-17-19)18-8-9-20(14(22)10-18)12-4-1-2-5-12/h11-12H,1-10H2. The summed E-state index contributed by atoms with van der Waals surface area (Å²) in [6.07, 6.45) is 7.31. The molecule has 0 aromatic carbocycles. The van der Waals surface area contributed by atoms with Crippen LogP contribution >= 0.6 is 0 Å². The first-order valence-corrected chi connectivity index (χ1v) is 8.02. The highest BCUT2D eigenvalue weighted by Gasteiger charge is 2.32. The molecule has 2 heterocycles. The zero-order valence-electron chi connectivity index (χ0n) is 12.7. The highest BCUT2D eigenvalue weighted by atomic mass is 16.2. The summed E-state index contributed by atoms with van der Waals surface area (Å²) >= 11 is 0. The molecule has 8 nitrogen and oxygen atoms in total. The van der Waals surface area contributed by atoms with E-state index in [4.69, 9.17) is 0 Å². The van der Waals surface area contributed by atoms with E-state index in [0.717, 1.165) is 12.8 Å². The van der Waals surface area contributed by atoms with Gasteiger partial charge < -0.3 is 9.80 Å². The lowest BCUT2D eigenvalue weighted by molar-refractivity contribution is -0.147. The van der Waals surface area contributed by atoms with Crippen LogP contribution in [0.5, 0.6) is 0 Å². The molecular weight excluding hydrogens is 284 g/mol. The molecule has 2 fully saturated rings. The average molecular weight is 306 g/mol. The summed E-state index contributed by atoms with van der Waals surface area (Å²) in [6.45, 7) is 2.20. The normalized spacial score (nSPS) is 19.9. The van der Waals surface area contributed by atoms with Crippen LogP contribution in [0.25, 0.3) is 0 Å². The van der Waals surface area contributed by atoms with Gasteiger partial charge in [0.1, 0.15) is 6.33 Å². The number of rotatable bonds is 5. The van der Waals surface area contributed by atoms with Crippen molar-refractivity contribution in [1.29, 1.82) is 0 Å². The first kappa shape index (κ1) is 14.9. The van der Waals surface area contributed by atoms with Crippen molar-refractivity contribution >= 4 is 11.8 Å². The molecule has 0 N–H and O–H groups in total. The fourth-order valence-electron chi connectivity index (χ4n) is 3.33. The van der Waals surface area contributed by atoms with Crippen molar-refractivity contribution in [3.8, 4) is 0 Å². The van der Waals surface area contributed by atoms with Crippen molar-refractivity contribution in [3.05, 3.63) is 6.33 Å². The molecule has 120 valence electrons. The fourth-order valence-corrected chi connectivity index (χ4v) is 3.33. The molecule has 22 heavy (non-hydrogen) atoms. The maximum atomic E-state index is 12.3. The average Bonchev–Trinajstić information content (AvgIpc) is 3.20. The van der Waals surface area contributed by atoms with Gasteiger partial charge in [0.15, 0.2) is 0 Å². The molecule has 0 atom stereocenters. The van der Waals surface area contributed by atoms with Crippen LogP contribution in [-0.4, -0.2) is 67.5 Å². The van der Waals surface area contributed by atoms with Crippen LogP contribution in [0.1, 0.15) is 38.5 Å². The zero-order valence-corrected chi connectivity index (χ0v) is 12.7. The van der Waals surface area contributed by atoms with Gasteiger partial charge in [0, 0.05) is 32.1 Å². The van der Waals surface area contributed by atoms with Gasteiger partial charge in [0.05, 0.1) is 6.54 Å². The second kappa shape index (κ2) is 6.85. The topological polar surface area (TPSA) is 84.2 Å². The largest absolute Gasteiger partial charge is 0.336 e. The van der Waals surface area contributed by atoms with E-state index < -0.39 is 0 Å². The van der Waals surface area contributed by atoms with Crippen LogP contribution in [0.2, 0.25) is 0 Å². The van der Waals surface area contributed by atoms with Crippen molar-refractivity contribution in [2.24, 2.45) is 0 Å². The Kier molecular flexibility index (Phi) is 4.65. The van der Waals surface area contributed by atoms with Crippen LogP contribution < -0.4 is 0 Å². The predicted octanol–water partition coefficient (Wildman–Crippen LogP) is 0.0667. The summed E-state index contributed by atoms with van der Waals surface area (Å²) in [5, 5.41) is 10.9. The Hall–Kier alpha value is -1.99. The molecule has 8 heteroatoms. The van der Waals surface area contributed by atoms with Gasteiger partial charge in [0.2, 0.25) is 11.8 Å². The van der Waals surface area contributed by atoms with Crippen LogP contribution in [0.4, 0.5) is 0 Å². The van der Waals surface area contributed by atoms with Crippen molar-refractivity contribution < 1.29 is 9.59 Å². The smallest absolute Gasteiger partial charge is 0.242 e. The van der Waals surface area contributed by atoms with Crippen LogP contribution in [0.15, 0.2) is 6.33 Å². The van der Waals surface area contributed by atoms with Crippen LogP contribution in [-0.2, 0) is 16.1 Å². The first-order chi connectivity index (χ1) is 10.7. The molecule has 0 spiro atoms. The number of hydrogen-bond acceptors (Lipinski definition) is 5. The van der Waals surface area contributed by atoms with E-state index in [1.807, 2.05) is 4.90 Å². The summed E-state index contributed by atoms with van der Waals surface area (Å²) in [6, 6.07) is 0.407. The number of aromatic nitrogens is 4. The van der Waals surface area contributed by atoms with E-state index in [0.29, 0.717) is 38.5 Å². The van der Waals surface area contributed by atoms with Crippen molar-refractivity contribution in [3.63, 3.8) is 0 Å². The maximum Gasteiger partial charge on any atom is 0.242 e. The Labute approximate surface area is 129 Å². The zero-order chi connectivity index (χ0) is 15.4. The molecule has 3 rings (SSSR count). The lowest BCUT2D eigenvalue weighted by atomic mass is 10.1. The summed E-state index contributed by atoms with van der Waals surface area (Å²) in [5.41, 5.74) is 0. The third-order valence-corrected chi connectivity index (χ3v) is 4.54. The molecule has 1 saturated carbocycles. The molecule has 0 bridgehead atoms. The van der Waals surface area contributed by atoms with E-state index in [2.05, 4.69) is 15.5 Å². The molecule has 1 aliphatic heterocycles. The third kappa shape index (κ3) is 3.42. The number of tetrazole rings is 1. The Morgan fingerprint density at radius 3 is 2.77 bits per heavy atom. The minimum absolute atomic E-state index is 0.0486. The van der Waals surface area contributed by atoms with E-state index in [1.165, 1.54) is 19.2 Å². The van der Waals surface area contributed by atoms with Gasteiger partial charge in [-0.2, -0.15) is 0 Å². The molecule has 1 aliphatic carbocycles. The van der Waals surface area contributed by atoms with Crippen LogP contribution in [0.3, 0.4) is 0 Å². The number of amides is 2. The van der Waals surface area contributed by atoms with Crippen LogP contribution in [0, 0.1) is 0 Å². The molecule has 2 aliphatic rings. The number of nitrogens with zero attached hydrogens (tertiary/aromatic N) is 6. The highest BCUT2D eigenvalue weighted by Crippen LogP contribution is 2.24. The number of hydrogen-bond donors (Lipinski definition) is 0. The molecule has 0 radical (unpaired) electrons. The molecular formula is C14H22N6O2. The van der Waals surface area contributed by atoms with E-state index in [1.54, 1.807) is 9.58 Å². The highest BCUT2D eigenvalue weighted by molar-refractivity contribution is 5.86. The van der Waals surface area contributed by atoms with Gasteiger partial charge in [-0.3, -0.25) is 9.59 Å². The number of carbonyl (C=O) groups is 2. The summed E-state index contributed by atoms with van der Waals surface area (Å²) in [7, 11) is 0. The minimum Gasteiger partial charge on any atom is -0.336 e. The SMILES string of the molecule is O=C(CCCn1cnnn1)N1CCN(C2CCCC2)C(=O)C1. The fraction of sp³-hybridized carbons (Fsp3) is 0.786. The van der Waals surface area contributed by atoms with Crippen molar-refractivity contribution in [1.82, 2.24) is 30.0 Å². The van der Waals surface area contributed by atoms with E-state index in [-0.39, 0.29) is 18.4 Å². The predicted molar refractivity (Wildman–Crippen MR) is 77.6 cm³/mol. The lowest BCUT2D eigenvalue weighted by Gasteiger charge is -2.37. The number of aryl methyl sites for hydroxylation is 1. The molecule has 1 aromatic heterocycles. The quantitative estimate of drug-likeness (QED) is 0.768. The Balaban J connectivity index is 1.43. The van der Waals surface area contributed by atoms with Gasteiger partial charge in [-0.1, -0.05) is 12.8 Å². The minimum atomic E-state index is 0.0486. The Bertz CT molecular complexity index is 511. The summed E-state index contributed by atoms with van der Waals surface area (Å²) in [4.78, 5) is 28.1. The third-order valence-electron chi connectivity index (χ3n) is 4.54. The second-order valence-electron chi connectivity index (χ2n) is 6.02. The first-order valence-electron chi connectivity index (χ1n) is 8.02. The lowest BCUT2D eigenvalue weighted by Crippen LogP contribution is -2.54. The summed E-state index contributed by atoms with van der Waals surface area (Å²) in [5.74, 6) is 0.152. The van der Waals surface area contributed by atoms with Gasteiger partial charge in [-0.15, -0.1) is 5.10 Å². The monoisotopic (exact) mass is 306 g/mol. The van der Waals surface area contributed by atoms with Gasteiger partial charge >= 0.3 is 0 Å². The second-order valence-corrected chi connectivity index (χ2v) is 6.02. The Morgan fingerprint density at radius 1 is 1.27 bits per heavy atom. The number of carbonyl (C=O) groups excluding carboxylic acids is 2. The molecule has 1 aromatic rings. The van der Waals surface area contributed by atoms with Crippen molar-refractivity contribution in [2.75, 3.05) is 19.6 Å². The van der Waals surface area contributed by atoms with Gasteiger partial charge in [-0.25, -0.2) is 4.68 Å².